The minimum absolute atomic E-state index is 0.213. The Morgan fingerprint density at radius 2 is 2.23 bits per heavy atom. The average molecular weight is 311 g/mol. The molecule has 1 aromatic heterocycles. The van der Waals surface area contributed by atoms with Crippen LogP contribution in [0.5, 0.6) is 0 Å². The van der Waals surface area contributed by atoms with Crippen molar-refractivity contribution in [2.45, 2.75) is 57.7 Å². The highest BCUT2D eigenvalue weighted by molar-refractivity contribution is 5.02. The lowest BCUT2D eigenvalue weighted by Gasteiger charge is -2.38. The van der Waals surface area contributed by atoms with Gasteiger partial charge in [-0.25, -0.2) is 4.79 Å². The lowest BCUT2D eigenvalue weighted by Crippen LogP contribution is -2.53. The largest absolute Gasteiger partial charge is 0.358 e. The maximum atomic E-state index is 12.0. The van der Waals surface area contributed by atoms with E-state index in [2.05, 4.69) is 4.98 Å². The van der Waals surface area contributed by atoms with Gasteiger partial charge in [-0.1, -0.05) is 13.3 Å². The summed E-state index contributed by atoms with van der Waals surface area (Å²) in [5.41, 5.74) is -0.458. The zero-order valence-corrected chi connectivity index (χ0v) is 12.7. The van der Waals surface area contributed by atoms with Crippen molar-refractivity contribution in [1.29, 1.82) is 0 Å². The first-order chi connectivity index (χ1) is 10.5. The Morgan fingerprint density at radius 3 is 2.95 bits per heavy atom. The lowest BCUT2D eigenvalue weighted by molar-refractivity contribution is -0.286. The van der Waals surface area contributed by atoms with Crippen LogP contribution in [0.15, 0.2) is 15.8 Å². The van der Waals surface area contributed by atoms with Gasteiger partial charge in [0.2, 0.25) is 0 Å². The highest BCUT2D eigenvalue weighted by Gasteiger charge is 2.45. The molecule has 0 bridgehead atoms. The summed E-state index contributed by atoms with van der Waals surface area (Å²) in [6.07, 6.45) is 2.47. The fraction of sp³-hybridized carbons (Fsp3) is 0.714. The number of H-pyrrole nitrogens is 1. The molecular formula is C14H21N3O5. The van der Waals surface area contributed by atoms with Crippen LogP contribution in [-0.4, -0.2) is 44.8 Å². The molecule has 2 saturated heterocycles. The van der Waals surface area contributed by atoms with Gasteiger partial charge in [-0.05, 0) is 13.3 Å². The number of aryl methyl sites for hydroxylation is 1. The fourth-order valence-electron chi connectivity index (χ4n) is 3.07. The summed E-state index contributed by atoms with van der Waals surface area (Å²) in [5.74, 6) is 0. The van der Waals surface area contributed by atoms with E-state index in [0.717, 1.165) is 12.8 Å². The third kappa shape index (κ3) is 2.63. The number of aromatic amines is 1. The maximum Gasteiger partial charge on any atom is 0.330 e. The number of aromatic nitrogens is 2. The predicted molar refractivity (Wildman–Crippen MR) is 76.6 cm³/mol. The smallest absolute Gasteiger partial charge is 0.330 e. The van der Waals surface area contributed by atoms with E-state index in [-0.39, 0.29) is 18.4 Å². The van der Waals surface area contributed by atoms with Crippen LogP contribution in [-0.2, 0) is 9.47 Å². The number of hydroxylamine groups is 2. The first-order valence-electron chi connectivity index (χ1n) is 7.57. The number of nitrogens with zero attached hydrogens (tertiary/aromatic N) is 2. The zero-order valence-electron chi connectivity index (χ0n) is 12.7. The monoisotopic (exact) mass is 311 g/mol. The van der Waals surface area contributed by atoms with Crippen LogP contribution in [0.2, 0.25) is 0 Å². The maximum absolute atomic E-state index is 12.0. The fourth-order valence-corrected chi connectivity index (χ4v) is 3.07. The van der Waals surface area contributed by atoms with E-state index in [4.69, 9.17) is 9.47 Å². The Morgan fingerprint density at radius 1 is 1.45 bits per heavy atom. The molecule has 0 aliphatic carbocycles. The third-order valence-corrected chi connectivity index (χ3v) is 4.28. The number of nitrogens with one attached hydrogen (secondary N) is 1. The van der Waals surface area contributed by atoms with Gasteiger partial charge in [0, 0.05) is 18.2 Å². The van der Waals surface area contributed by atoms with Crippen LogP contribution in [0.25, 0.3) is 0 Å². The molecule has 2 fully saturated rings. The normalized spacial score (nSPS) is 32.1. The quantitative estimate of drug-likeness (QED) is 0.836. The van der Waals surface area contributed by atoms with E-state index >= 15 is 0 Å². The summed E-state index contributed by atoms with van der Waals surface area (Å²) in [7, 11) is 0. The average Bonchev–Trinajstić information content (AvgIpc) is 2.91. The van der Waals surface area contributed by atoms with Gasteiger partial charge in [-0.3, -0.25) is 14.3 Å². The molecule has 4 unspecified atom stereocenters. The highest BCUT2D eigenvalue weighted by Crippen LogP contribution is 2.35. The van der Waals surface area contributed by atoms with E-state index in [9.17, 15) is 14.8 Å². The molecule has 0 amide bonds. The number of hydrogen-bond donors (Lipinski definition) is 2. The number of hydrogen-bond acceptors (Lipinski definition) is 6. The Labute approximate surface area is 127 Å². The van der Waals surface area contributed by atoms with Crippen LogP contribution in [0.1, 0.15) is 38.0 Å². The molecule has 3 heterocycles. The summed E-state index contributed by atoms with van der Waals surface area (Å²) < 4.78 is 12.8. The molecule has 0 spiro atoms. The SMILES string of the molecule is CCCC1OCC2OC(n3cc(C)c(=O)[nH]c3=O)CC2N1O. The van der Waals surface area contributed by atoms with Gasteiger partial charge in [0.05, 0.1) is 12.6 Å². The Kier molecular flexibility index (Phi) is 4.18. The molecule has 1 aromatic rings. The van der Waals surface area contributed by atoms with Crippen LogP contribution >= 0.6 is 0 Å². The number of fused-ring (bicyclic) bond motifs is 1. The zero-order chi connectivity index (χ0) is 15.9. The van der Waals surface area contributed by atoms with Gasteiger partial charge in [-0.15, -0.1) is 0 Å². The highest BCUT2D eigenvalue weighted by atomic mass is 16.6. The van der Waals surface area contributed by atoms with Crippen molar-refractivity contribution >= 4 is 0 Å². The lowest BCUT2D eigenvalue weighted by atomic mass is 10.1. The third-order valence-electron chi connectivity index (χ3n) is 4.28. The molecule has 3 rings (SSSR count). The molecule has 2 N–H and O–H groups in total. The van der Waals surface area contributed by atoms with Crippen molar-refractivity contribution in [2.75, 3.05) is 6.61 Å². The number of ether oxygens (including phenoxy) is 2. The van der Waals surface area contributed by atoms with Crippen LogP contribution in [0.3, 0.4) is 0 Å². The van der Waals surface area contributed by atoms with Crippen molar-refractivity contribution in [3.63, 3.8) is 0 Å². The summed E-state index contributed by atoms with van der Waals surface area (Å²) in [6, 6.07) is -0.213. The summed E-state index contributed by atoms with van der Waals surface area (Å²) in [6.45, 7) is 4.05. The summed E-state index contributed by atoms with van der Waals surface area (Å²) >= 11 is 0. The molecule has 8 heteroatoms. The van der Waals surface area contributed by atoms with Crippen molar-refractivity contribution in [3.05, 3.63) is 32.6 Å². The van der Waals surface area contributed by atoms with Crippen molar-refractivity contribution in [2.24, 2.45) is 0 Å². The summed E-state index contributed by atoms with van der Waals surface area (Å²) in [4.78, 5) is 25.7. The van der Waals surface area contributed by atoms with Gasteiger partial charge in [-0.2, -0.15) is 5.06 Å². The Hall–Kier alpha value is -1.48. The van der Waals surface area contributed by atoms with Gasteiger partial charge < -0.3 is 14.7 Å². The standard InChI is InChI=1S/C14H21N3O5/c1-3-4-11-17(20)9-5-12(22-10(9)7-21-11)16-6-8(2)13(18)15-14(16)19/h6,9-12,20H,3-5,7H2,1-2H3,(H,15,18,19). The molecule has 122 valence electrons. The van der Waals surface area contributed by atoms with E-state index in [1.165, 1.54) is 15.8 Å². The predicted octanol–water partition coefficient (Wildman–Crippen LogP) is 0.349. The second-order valence-corrected chi connectivity index (χ2v) is 5.87. The molecule has 0 radical (unpaired) electrons. The molecule has 8 nitrogen and oxygen atoms in total. The van der Waals surface area contributed by atoms with E-state index in [0.29, 0.717) is 18.6 Å². The van der Waals surface area contributed by atoms with Gasteiger partial charge >= 0.3 is 5.69 Å². The number of rotatable bonds is 3. The topological polar surface area (TPSA) is 96.8 Å². The second kappa shape index (κ2) is 5.96. The van der Waals surface area contributed by atoms with Gasteiger partial charge in [0.1, 0.15) is 18.6 Å². The van der Waals surface area contributed by atoms with Crippen LogP contribution in [0.4, 0.5) is 0 Å². The van der Waals surface area contributed by atoms with Crippen LogP contribution < -0.4 is 11.2 Å². The second-order valence-electron chi connectivity index (χ2n) is 5.87. The minimum Gasteiger partial charge on any atom is -0.358 e. The molecule has 22 heavy (non-hydrogen) atoms. The first-order valence-corrected chi connectivity index (χ1v) is 7.57. The molecule has 4 atom stereocenters. The Balaban J connectivity index is 1.82. The van der Waals surface area contributed by atoms with Crippen molar-refractivity contribution in [3.8, 4) is 0 Å². The first kappa shape index (κ1) is 15.4. The molecule has 0 aromatic carbocycles. The summed E-state index contributed by atoms with van der Waals surface area (Å²) in [5, 5.41) is 11.5. The van der Waals surface area contributed by atoms with Crippen molar-refractivity contribution in [1.82, 2.24) is 14.6 Å². The molecule has 0 saturated carbocycles. The van der Waals surface area contributed by atoms with Crippen LogP contribution in [0, 0.1) is 6.92 Å². The van der Waals surface area contributed by atoms with Crippen molar-refractivity contribution < 1.29 is 14.7 Å². The Bertz CT molecular complexity index is 655. The molecule has 2 aliphatic heterocycles. The van der Waals surface area contributed by atoms with Gasteiger partial charge in [0.25, 0.3) is 5.56 Å². The molecule has 2 aliphatic rings. The van der Waals surface area contributed by atoms with E-state index in [1.807, 2.05) is 6.92 Å². The minimum atomic E-state index is -0.517. The molecular weight excluding hydrogens is 290 g/mol. The van der Waals surface area contributed by atoms with E-state index in [1.54, 1.807) is 6.92 Å². The van der Waals surface area contributed by atoms with E-state index < -0.39 is 17.5 Å². The van der Waals surface area contributed by atoms with Gasteiger partial charge in [0.15, 0.2) is 0 Å².